The molecule has 2 heteroatoms. The van der Waals surface area contributed by atoms with Crippen LogP contribution in [0.4, 0.5) is 0 Å². The predicted molar refractivity (Wildman–Crippen MR) is 60.4 cm³/mol. The van der Waals surface area contributed by atoms with E-state index >= 15 is 0 Å². The van der Waals surface area contributed by atoms with Crippen LogP contribution in [0.5, 0.6) is 0 Å². The maximum atomic E-state index is 4.68. The van der Waals surface area contributed by atoms with Crippen LogP contribution in [0.1, 0.15) is 27.2 Å². The topological polar surface area (TPSA) is 12.4 Å². The van der Waals surface area contributed by atoms with Crippen LogP contribution in [-0.2, 0) is 0 Å². The van der Waals surface area contributed by atoms with E-state index in [0.29, 0.717) is 6.04 Å². The van der Waals surface area contributed by atoms with Crippen molar-refractivity contribution in [1.82, 2.24) is 0 Å². The zero-order chi connectivity index (χ0) is 9.64. The molecule has 2 rings (SSSR count). The summed E-state index contributed by atoms with van der Waals surface area (Å²) >= 11 is 3.53. The van der Waals surface area contributed by atoms with Crippen molar-refractivity contribution in [3.05, 3.63) is 22.2 Å². The number of rotatable bonds is 0. The molecule has 0 saturated heterocycles. The lowest BCUT2D eigenvalue weighted by molar-refractivity contribution is 0.600. The molecule has 0 fully saturated rings. The van der Waals surface area contributed by atoms with Gasteiger partial charge in [0, 0.05) is 15.6 Å². The van der Waals surface area contributed by atoms with Gasteiger partial charge in [-0.15, -0.1) is 0 Å². The van der Waals surface area contributed by atoms with Crippen LogP contribution in [0.2, 0.25) is 0 Å². The molecule has 0 radical (unpaired) electrons. The van der Waals surface area contributed by atoms with Crippen molar-refractivity contribution in [3.8, 4) is 0 Å². The second kappa shape index (κ2) is 2.81. The van der Waals surface area contributed by atoms with Crippen molar-refractivity contribution < 1.29 is 0 Å². The van der Waals surface area contributed by atoms with Crippen molar-refractivity contribution in [2.75, 3.05) is 0 Å². The third-order valence-electron chi connectivity index (χ3n) is 3.16. The number of allylic oxidation sites excluding steroid dienone is 2. The van der Waals surface area contributed by atoms with Gasteiger partial charge in [-0.05, 0) is 25.0 Å². The Morgan fingerprint density at radius 3 is 2.92 bits per heavy atom. The molecule has 70 valence electrons. The first kappa shape index (κ1) is 9.20. The molecule has 0 bridgehead atoms. The first-order valence-electron chi connectivity index (χ1n) is 4.64. The Labute approximate surface area is 87.8 Å². The molecular formula is C11H14BrN. The molecule has 0 aromatic heterocycles. The van der Waals surface area contributed by atoms with E-state index in [-0.39, 0.29) is 5.41 Å². The molecule has 0 N–H and O–H groups in total. The van der Waals surface area contributed by atoms with E-state index in [1.54, 1.807) is 0 Å². The molecule has 1 nitrogen and oxygen atoms in total. The largest absolute Gasteiger partial charge is 0.285 e. The van der Waals surface area contributed by atoms with Gasteiger partial charge in [0.05, 0.1) is 6.04 Å². The van der Waals surface area contributed by atoms with E-state index in [9.17, 15) is 0 Å². The highest BCUT2D eigenvalue weighted by atomic mass is 79.9. The van der Waals surface area contributed by atoms with Gasteiger partial charge in [-0.2, -0.15) is 0 Å². The third-order valence-corrected chi connectivity index (χ3v) is 3.72. The summed E-state index contributed by atoms with van der Waals surface area (Å²) in [6.07, 6.45) is 5.48. The number of halogens is 1. The number of hydrogen-bond acceptors (Lipinski definition) is 1. The molecule has 13 heavy (non-hydrogen) atoms. The minimum Gasteiger partial charge on any atom is -0.285 e. The van der Waals surface area contributed by atoms with Gasteiger partial charge < -0.3 is 0 Å². The van der Waals surface area contributed by atoms with Gasteiger partial charge in [0.15, 0.2) is 0 Å². The fourth-order valence-corrected chi connectivity index (χ4v) is 2.41. The van der Waals surface area contributed by atoms with Crippen molar-refractivity contribution in [1.29, 1.82) is 0 Å². The van der Waals surface area contributed by atoms with Gasteiger partial charge in [-0.3, -0.25) is 4.99 Å². The summed E-state index contributed by atoms with van der Waals surface area (Å²) in [4.78, 5) is 4.68. The van der Waals surface area contributed by atoms with Crippen LogP contribution in [0.3, 0.4) is 0 Å². The predicted octanol–water partition coefficient (Wildman–Crippen LogP) is 3.46. The highest BCUT2D eigenvalue weighted by Gasteiger charge is 2.38. The standard InChI is InChI=1S/C11H14BrN/c1-7-11(2,3)9-6-8(12)4-5-10(9)13-7/h4,6,10H,5H2,1-3H3. The molecular weight excluding hydrogens is 226 g/mol. The van der Waals surface area contributed by atoms with Crippen LogP contribution >= 0.6 is 15.9 Å². The summed E-state index contributed by atoms with van der Waals surface area (Å²) < 4.78 is 1.21. The van der Waals surface area contributed by atoms with Crippen molar-refractivity contribution in [2.45, 2.75) is 33.2 Å². The summed E-state index contributed by atoms with van der Waals surface area (Å²) in [6.45, 7) is 6.64. The Hall–Kier alpha value is -0.370. The Bertz CT molecular complexity index is 334. The van der Waals surface area contributed by atoms with E-state index in [2.05, 4.69) is 53.8 Å². The fraction of sp³-hybridized carbons (Fsp3) is 0.545. The molecule has 1 unspecified atom stereocenters. The lowest BCUT2D eigenvalue weighted by Gasteiger charge is -2.25. The summed E-state index contributed by atoms with van der Waals surface area (Å²) in [6, 6.07) is 0.413. The molecule has 1 heterocycles. The Kier molecular flexibility index (Phi) is 1.99. The summed E-state index contributed by atoms with van der Waals surface area (Å²) in [5.41, 5.74) is 2.89. The molecule has 2 aliphatic rings. The van der Waals surface area contributed by atoms with Crippen molar-refractivity contribution >= 4 is 21.6 Å². The maximum Gasteiger partial charge on any atom is 0.0755 e. The maximum absolute atomic E-state index is 4.68. The summed E-state index contributed by atoms with van der Waals surface area (Å²) in [5.74, 6) is 0. The molecule has 1 atom stereocenters. The lowest BCUT2D eigenvalue weighted by atomic mass is 9.78. The minimum absolute atomic E-state index is 0.165. The van der Waals surface area contributed by atoms with E-state index in [1.165, 1.54) is 15.8 Å². The number of aliphatic imine (C=N–C) groups is 1. The minimum atomic E-state index is 0.165. The molecule has 1 aliphatic heterocycles. The third kappa shape index (κ3) is 1.32. The number of fused-ring (bicyclic) bond motifs is 1. The SMILES string of the molecule is CC1=NC2CC=C(Br)C=C2C1(C)C. The monoisotopic (exact) mass is 239 g/mol. The van der Waals surface area contributed by atoms with Crippen LogP contribution in [-0.4, -0.2) is 11.8 Å². The van der Waals surface area contributed by atoms with E-state index in [0.717, 1.165) is 6.42 Å². The average molecular weight is 240 g/mol. The normalized spacial score (nSPS) is 30.5. The van der Waals surface area contributed by atoms with E-state index in [4.69, 9.17) is 0 Å². The van der Waals surface area contributed by atoms with Crippen LogP contribution < -0.4 is 0 Å². The number of nitrogens with zero attached hydrogens (tertiary/aromatic N) is 1. The summed E-state index contributed by atoms with van der Waals surface area (Å²) in [7, 11) is 0. The lowest BCUT2D eigenvalue weighted by Crippen LogP contribution is -2.22. The van der Waals surface area contributed by atoms with Gasteiger partial charge >= 0.3 is 0 Å². The van der Waals surface area contributed by atoms with E-state index < -0.39 is 0 Å². The van der Waals surface area contributed by atoms with Gasteiger partial charge in [0.25, 0.3) is 0 Å². The molecule has 0 spiro atoms. The summed E-state index contributed by atoms with van der Waals surface area (Å²) in [5, 5.41) is 0. The Morgan fingerprint density at radius 1 is 1.54 bits per heavy atom. The Morgan fingerprint density at radius 2 is 2.23 bits per heavy atom. The molecule has 1 aliphatic carbocycles. The zero-order valence-corrected chi connectivity index (χ0v) is 9.85. The first-order chi connectivity index (χ1) is 6.01. The molecule has 0 amide bonds. The Balaban J connectivity index is 2.45. The van der Waals surface area contributed by atoms with Gasteiger partial charge in [0.1, 0.15) is 0 Å². The highest BCUT2D eigenvalue weighted by molar-refractivity contribution is 9.11. The average Bonchev–Trinajstić information content (AvgIpc) is 2.27. The second-order valence-corrected chi connectivity index (χ2v) is 5.20. The first-order valence-corrected chi connectivity index (χ1v) is 5.43. The van der Waals surface area contributed by atoms with Crippen LogP contribution in [0.15, 0.2) is 27.2 Å². The van der Waals surface area contributed by atoms with Crippen molar-refractivity contribution in [3.63, 3.8) is 0 Å². The van der Waals surface area contributed by atoms with Gasteiger partial charge in [-0.25, -0.2) is 0 Å². The molecule has 0 aromatic rings. The molecule has 0 aromatic carbocycles. The van der Waals surface area contributed by atoms with Gasteiger partial charge in [0.2, 0.25) is 0 Å². The van der Waals surface area contributed by atoms with Crippen molar-refractivity contribution in [2.24, 2.45) is 10.4 Å². The van der Waals surface area contributed by atoms with Crippen LogP contribution in [0.25, 0.3) is 0 Å². The highest BCUT2D eigenvalue weighted by Crippen LogP contribution is 2.42. The fourth-order valence-electron chi connectivity index (χ4n) is 1.98. The molecule has 0 saturated carbocycles. The van der Waals surface area contributed by atoms with Crippen LogP contribution in [0, 0.1) is 5.41 Å². The smallest absolute Gasteiger partial charge is 0.0755 e. The number of hydrogen-bond donors (Lipinski definition) is 0. The zero-order valence-electron chi connectivity index (χ0n) is 8.26. The van der Waals surface area contributed by atoms with Gasteiger partial charge in [-0.1, -0.05) is 35.9 Å². The second-order valence-electron chi connectivity index (χ2n) is 4.28. The van der Waals surface area contributed by atoms with E-state index in [1.807, 2.05) is 0 Å². The quantitative estimate of drug-likeness (QED) is 0.614.